The summed E-state index contributed by atoms with van der Waals surface area (Å²) in [6.45, 7) is 5.36. The Labute approximate surface area is 266 Å². The maximum atomic E-state index is 12.8. The van der Waals surface area contributed by atoms with Gasteiger partial charge in [-0.3, -0.25) is 9.79 Å². The van der Waals surface area contributed by atoms with E-state index in [1.807, 2.05) is 0 Å². The van der Waals surface area contributed by atoms with Gasteiger partial charge in [-0.2, -0.15) is 0 Å². The van der Waals surface area contributed by atoms with E-state index >= 15 is 0 Å². The summed E-state index contributed by atoms with van der Waals surface area (Å²) in [7, 11) is 0. The van der Waals surface area contributed by atoms with Gasteiger partial charge in [-0.05, 0) is 25.7 Å². The summed E-state index contributed by atoms with van der Waals surface area (Å²) in [6.07, 6.45) is 33.3. The third-order valence-corrected chi connectivity index (χ3v) is 8.31. The number of nitrogens with two attached hydrogens (primary N) is 2. The van der Waals surface area contributed by atoms with Crippen molar-refractivity contribution in [1.82, 2.24) is 5.32 Å². The Hall–Kier alpha value is -1.79. The van der Waals surface area contributed by atoms with Crippen LogP contribution in [0.3, 0.4) is 0 Å². The van der Waals surface area contributed by atoms with E-state index in [0.717, 1.165) is 25.7 Å². The van der Waals surface area contributed by atoms with Gasteiger partial charge in [0.1, 0.15) is 6.04 Å². The van der Waals surface area contributed by atoms with Crippen LogP contribution in [0.15, 0.2) is 4.99 Å². The third kappa shape index (κ3) is 31.4. The Bertz CT molecular complexity index is 652. The number of carbonyl (C=O) groups excluding carboxylic acids is 2. The molecule has 0 heterocycles. The van der Waals surface area contributed by atoms with E-state index in [1.54, 1.807) is 0 Å². The largest absolute Gasteiger partial charge is 0.464 e. The SMILES string of the molecule is CCCCCCCCCCCCCCCCCC(=O)N[C@H](CCCN=C(N)N)C(=O)OCCCCCCCCCCCC. The maximum Gasteiger partial charge on any atom is 0.328 e. The first kappa shape index (κ1) is 41.2. The number of aliphatic imine (C=N–C) groups is 1. The molecule has 0 saturated carbocycles. The van der Waals surface area contributed by atoms with Crippen molar-refractivity contribution < 1.29 is 14.3 Å². The summed E-state index contributed by atoms with van der Waals surface area (Å²) < 4.78 is 5.55. The molecule has 0 fully saturated rings. The molecule has 254 valence electrons. The summed E-state index contributed by atoms with van der Waals surface area (Å²) in [6, 6.07) is -0.638. The molecule has 0 rings (SSSR count). The van der Waals surface area contributed by atoms with Gasteiger partial charge >= 0.3 is 5.97 Å². The van der Waals surface area contributed by atoms with Crippen LogP contribution >= 0.6 is 0 Å². The second-order valence-corrected chi connectivity index (χ2v) is 12.6. The summed E-state index contributed by atoms with van der Waals surface area (Å²) in [4.78, 5) is 29.4. The maximum absolute atomic E-state index is 12.8. The molecule has 0 aliphatic rings. The topological polar surface area (TPSA) is 120 Å². The van der Waals surface area contributed by atoms with Gasteiger partial charge in [-0.15, -0.1) is 0 Å². The normalized spacial score (nSPS) is 11.8. The van der Waals surface area contributed by atoms with E-state index in [9.17, 15) is 9.59 Å². The highest BCUT2D eigenvalue weighted by molar-refractivity contribution is 5.84. The van der Waals surface area contributed by atoms with Crippen LogP contribution in [0, 0.1) is 0 Å². The average molecular weight is 609 g/mol. The lowest BCUT2D eigenvalue weighted by atomic mass is 10.0. The van der Waals surface area contributed by atoms with E-state index in [2.05, 4.69) is 24.2 Å². The summed E-state index contributed by atoms with van der Waals surface area (Å²) in [5.74, 6) is -0.375. The number of unbranched alkanes of at least 4 members (excludes halogenated alkanes) is 23. The molecule has 0 bridgehead atoms. The summed E-state index contributed by atoms with van der Waals surface area (Å²) >= 11 is 0. The van der Waals surface area contributed by atoms with Gasteiger partial charge in [0.25, 0.3) is 0 Å². The minimum Gasteiger partial charge on any atom is -0.464 e. The molecule has 43 heavy (non-hydrogen) atoms. The molecule has 0 aromatic heterocycles. The average Bonchev–Trinajstić information content (AvgIpc) is 2.99. The monoisotopic (exact) mass is 609 g/mol. The minimum atomic E-state index is -0.638. The molecule has 0 aromatic rings. The molecule has 7 heteroatoms. The van der Waals surface area contributed by atoms with Crippen molar-refractivity contribution >= 4 is 17.8 Å². The zero-order valence-corrected chi connectivity index (χ0v) is 28.6. The van der Waals surface area contributed by atoms with Crippen molar-refractivity contribution in [2.75, 3.05) is 13.2 Å². The van der Waals surface area contributed by atoms with Crippen LogP contribution in [0.5, 0.6) is 0 Å². The molecule has 0 spiro atoms. The lowest BCUT2D eigenvalue weighted by Crippen LogP contribution is -2.42. The van der Waals surface area contributed by atoms with Gasteiger partial charge in [-0.1, -0.05) is 162 Å². The zero-order chi connectivity index (χ0) is 31.6. The Kier molecular flexibility index (Phi) is 31.7. The lowest BCUT2D eigenvalue weighted by molar-refractivity contribution is -0.148. The van der Waals surface area contributed by atoms with Crippen molar-refractivity contribution in [2.24, 2.45) is 16.5 Å². The van der Waals surface area contributed by atoms with E-state index in [0.29, 0.717) is 32.4 Å². The number of hydrogen-bond donors (Lipinski definition) is 3. The van der Waals surface area contributed by atoms with Gasteiger partial charge in [0.05, 0.1) is 6.61 Å². The minimum absolute atomic E-state index is 0.0392. The first-order valence-electron chi connectivity index (χ1n) is 18.5. The van der Waals surface area contributed by atoms with E-state index in [4.69, 9.17) is 16.2 Å². The van der Waals surface area contributed by atoms with Crippen LogP contribution in [0.2, 0.25) is 0 Å². The highest BCUT2D eigenvalue weighted by Gasteiger charge is 2.21. The molecule has 0 aliphatic heterocycles. The zero-order valence-electron chi connectivity index (χ0n) is 28.6. The predicted octanol–water partition coefficient (Wildman–Crippen LogP) is 9.25. The Morgan fingerprint density at radius 1 is 0.581 bits per heavy atom. The van der Waals surface area contributed by atoms with Crippen LogP contribution in [0.1, 0.15) is 194 Å². The third-order valence-electron chi connectivity index (χ3n) is 8.31. The number of carbonyl (C=O) groups is 2. The van der Waals surface area contributed by atoms with Crippen LogP contribution in [0.4, 0.5) is 0 Å². The highest BCUT2D eigenvalue weighted by atomic mass is 16.5. The predicted molar refractivity (Wildman–Crippen MR) is 184 cm³/mol. The Morgan fingerprint density at radius 3 is 1.40 bits per heavy atom. The van der Waals surface area contributed by atoms with Gasteiger partial charge in [0.2, 0.25) is 5.91 Å². The fraction of sp³-hybridized carbons (Fsp3) is 0.917. The number of nitrogens with one attached hydrogen (secondary N) is 1. The van der Waals surface area contributed by atoms with Crippen molar-refractivity contribution in [1.29, 1.82) is 0 Å². The molecule has 1 atom stereocenters. The molecule has 0 radical (unpaired) electrons. The number of hydrogen-bond acceptors (Lipinski definition) is 4. The Morgan fingerprint density at radius 2 is 0.977 bits per heavy atom. The van der Waals surface area contributed by atoms with Gasteiger partial charge in [0, 0.05) is 13.0 Å². The second kappa shape index (κ2) is 33.1. The summed E-state index contributed by atoms with van der Waals surface area (Å²) in [5, 5.41) is 2.92. The second-order valence-electron chi connectivity index (χ2n) is 12.6. The molecule has 0 aliphatic carbocycles. The van der Waals surface area contributed by atoms with Crippen LogP contribution in [0.25, 0.3) is 0 Å². The fourth-order valence-electron chi connectivity index (χ4n) is 5.54. The van der Waals surface area contributed by atoms with Crippen LogP contribution < -0.4 is 16.8 Å². The van der Waals surface area contributed by atoms with Crippen molar-refractivity contribution in [3.05, 3.63) is 0 Å². The molecule has 0 saturated heterocycles. The van der Waals surface area contributed by atoms with Gasteiger partial charge in [-0.25, -0.2) is 4.79 Å². The molecule has 7 nitrogen and oxygen atoms in total. The van der Waals surface area contributed by atoms with Crippen LogP contribution in [-0.2, 0) is 14.3 Å². The van der Waals surface area contributed by atoms with Crippen LogP contribution in [-0.4, -0.2) is 37.0 Å². The first-order chi connectivity index (χ1) is 21.0. The number of ether oxygens (including phenoxy) is 1. The van der Waals surface area contributed by atoms with Gasteiger partial charge < -0.3 is 21.5 Å². The number of guanidine groups is 1. The first-order valence-corrected chi connectivity index (χ1v) is 18.5. The van der Waals surface area contributed by atoms with Gasteiger partial charge in [0.15, 0.2) is 5.96 Å². The van der Waals surface area contributed by atoms with E-state index < -0.39 is 6.04 Å². The standard InChI is InChI=1S/C36H72N4O3/c1-3-5-7-9-11-13-15-16-17-18-19-20-22-24-26-30-34(41)40-33(29-28-31-39-36(37)38)35(42)43-32-27-25-23-21-14-12-10-8-6-4-2/h33H,3-32H2,1-2H3,(H,40,41)(H4,37,38,39)/t33-/m1/s1. The Balaban J connectivity index is 4.00. The summed E-state index contributed by atoms with van der Waals surface area (Å²) in [5.41, 5.74) is 10.8. The smallest absolute Gasteiger partial charge is 0.328 e. The molecular formula is C36H72N4O3. The number of amides is 1. The quantitative estimate of drug-likeness (QED) is 0.0297. The van der Waals surface area contributed by atoms with E-state index in [-0.39, 0.29) is 17.8 Å². The van der Waals surface area contributed by atoms with Crippen molar-refractivity contribution in [3.63, 3.8) is 0 Å². The lowest BCUT2D eigenvalue weighted by Gasteiger charge is -2.17. The molecule has 5 N–H and O–H groups in total. The van der Waals surface area contributed by atoms with Crippen molar-refractivity contribution in [2.45, 2.75) is 200 Å². The molecular weight excluding hydrogens is 536 g/mol. The molecule has 1 amide bonds. The number of esters is 1. The number of nitrogens with zero attached hydrogens (tertiary/aromatic N) is 1. The van der Waals surface area contributed by atoms with Crippen molar-refractivity contribution in [3.8, 4) is 0 Å². The molecule has 0 aromatic carbocycles. The fourth-order valence-corrected chi connectivity index (χ4v) is 5.54. The highest BCUT2D eigenvalue weighted by Crippen LogP contribution is 2.14. The molecule has 0 unspecified atom stereocenters. The van der Waals surface area contributed by atoms with E-state index in [1.165, 1.54) is 135 Å². The number of rotatable bonds is 33.